The Hall–Kier alpha value is -0.830. The molecule has 0 aliphatic carbocycles. The summed E-state index contributed by atoms with van der Waals surface area (Å²) in [6, 6.07) is 8.49. The lowest BCUT2D eigenvalue weighted by atomic mass is 10.2. The number of hydrogen-bond acceptors (Lipinski definition) is 2. The average Bonchev–Trinajstić information content (AvgIpc) is 2.29. The zero-order chi connectivity index (χ0) is 13.5. The molecule has 1 rings (SSSR count). The standard InChI is InChI=1S/C15H23ClN2/c1-12(2)17-9-13(3)10-18(4)11-14-5-7-15(16)8-6-14/h5-8,12,17H,3,9-11H2,1-2,4H3. The molecule has 0 radical (unpaired) electrons. The second-order valence-electron chi connectivity index (χ2n) is 5.08. The SMILES string of the molecule is C=C(CNC(C)C)CN(C)Cc1ccc(Cl)cc1. The molecule has 0 saturated heterocycles. The van der Waals surface area contributed by atoms with Crippen LogP contribution in [0.4, 0.5) is 0 Å². The van der Waals surface area contributed by atoms with Crippen molar-refractivity contribution >= 4 is 11.6 Å². The summed E-state index contributed by atoms with van der Waals surface area (Å²) in [4.78, 5) is 2.26. The van der Waals surface area contributed by atoms with Crippen LogP contribution in [0.25, 0.3) is 0 Å². The topological polar surface area (TPSA) is 15.3 Å². The van der Waals surface area contributed by atoms with Crippen LogP contribution in [0.1, 0.15) is 19.4 Å². The van der Waals surface area contributed by atoms with Crippen molar-refractivity contribution in [1.82, 2.24) is 10.2 Å². The largest absolute Gasteiger partial charge is 0.311 e. The molecule has 2 nitrogen and oxygen atoms in total. The lowest BCUT2D eigenvalue weighted by molar-refractivity contribution is 0.351. The molecule has 0 aliphatic rings. The normalized spacial score (nSPS) is 11.2. The van der Waals surface area contributed by atoms with Crippen LogP contribution in [0, 0.1) is 0 Å². The highest BCUT2D eigenvalue weighted by Crippen LogP contribution is 2.11. The van der Waals surface area contributed by atoms with E-state index in [4.69, 9.17) is 11.6 Å². The summed E-state index contributed by atoms with van der Waals surface area (Å²) in [6.07, 6.45) is 0. The Labute approximate surface area is 116 Å². The molecule has 0 amide bonds. The molecule has 100 valence electrons. The molecular formula is C15H23ClN2. The van der Waals surface area contributed by atoms with E-state index in [1.54, 1.807) is 0 Å². The van der Waals surface area contributed by atoms with Crippen LogP contribution < -0.4 is 5.32 Å². The Morgan fingerprint density at radius 1 is 1.33 bits per heavy atom. The molecule has 0 spiro atoms. The Balaban J connectivity index is 2.34. The number of nitrogens with one attached hydrogen (secondary N) is 1. The molecule has 1 aromatic carbocycles. The van der Waals surface area contributed by atoms with Crippen molar-refractivity contribution in [2.45, 2.75) is 26.4 Å². The molecule has 0 bridgehead atoms. The van der Waals surface area contributed by atoms with Crippen molar-refractivity contribution < 1.29 is 0 Å². The highest BCUT2D eigenvalue weighted by Gasteiger charge is 2.03. The predicted octanol–water partition coefficient (Wildman–Crippen LogP) is 3.33. The third-order valence-electron chi connectivity index (χ3n) is 2.62. The van der Waals surface area contributed by atoms with Crippen LogP contribution >= 0.6 is 11.6 Å². The summed E-state index contributed by atoms with van der Waals surface area (Å²) in [5, 5.41) is 4.16. The van der Waals surface area contributed by atoms with Gasteiger partial charge in [0.25, 0.3) is 0 Å². The molecule has 1 N–H and O–H groups in total. The fraction of sp³-hybridized carbons (Fsp3) is 0.467. The molecule has 0 heterocycles. The van der Waals surface area contributed by atoms with Crippen LogP contribution in [-0.2, 0) is 6.54 Å². The monoisotopic (exact) mass is 266 g/mol. The maximum Gasteiger partial charge on any atom is 0.0406 e. The molecule has 3 heteroatoms. The van der Waals surface area contributed by atoms with Crippen molar-refractivity contribution in [3.8, 4) is 0 Å². The van der Waals surface area contributed by atoms with Gasteiger partial charge in [0.15, 0.2) is 0 Å². The molecule has 0 aromatic heterocycles. The van der Waals surface area contributed by atoms with Crippen LogP contribution in [0.15, 0.2) is 36.4 Å². The van der Waals surface area contributed by atoms with E-state index in [9.17, 15) is 0 Å². The van der Waals surface area contributed by atoms with Gasteiger partial charge in [0, 0.05) is 30.7 Å². The van der Waals surface area contributed by atoms with Gasteiger partial charge in [0.05, 0.1) is 0 Å². The van der Waals surface area contributed by atoms with E-state index in [0.29, 0.717) is 6.04 Å². The Morgan fingerprint density at radius 3 is 2.50 bits per heavy atom. The third kappa shape index (κ3) is 6.20. The summed E-state index contributed by atoms with van der Waals surface area (Å²) in [5.74, 6) is 0. The van der Waals surface area contributed by atoms with Gasteiger partial charge < -0.3 is 5.32 Å². The maximum absolute atomic E-state index is 5.87. The van der Waals surface area contributed by atoms with E-state index < -0.39 is 0 Å². The van der Waals surface area contributed by atoms with Gasteiger partial charge in [-0.05, 0) is 30.3 Å². The summed E-state index contributed by atoms with van der Waals surface area (Å²) in [6.45, 7) is 11.1. The van der Waals surface area contributed by atoms with Crippen molar-refractivity contribution in [2.75, 3.05) is 20.1 Å². The summed E-state index contributed by atoms with van der Waals surface area (Å²) < 4.78 is 0. The molecular weight excluding hydrogens is 244 g/mol. The number of benzene rings is 1. The average molecular weight is 267 g/mol. The van der Waals surface area contributed by atoms with Crippen LogP contribution in [0.2, 0.25) is 5.02 Å². The van der Waals surface area contributed by atoms with Gasteiger partial charge in [-0.25, -0.2) is 0 Å². The fourth-order valence-electron chi connectivity index (χ4n) is 1.74. The van der Waals surface area contributed by atoms with Crippen molar-refractivity contribution in [3.63, 3.8) is 0 Å². The van der Waals surface area contributed by atoms with Crippen molar-refractivity contribution in [3.05, 3.63) is 47.0 Å². The first kappa shape index (κ1) is 15.2. The number of nitrogens with zero attached hydrogens (tertiary/aromatic N) is 1. The van der Waals surface area contributed by atoms with Crippen LogP contribution in [0.3, 0.4) is 0 Å². The van der Waals surface area contributed by atoms with E-state index in [2.05, 4.69) is 49.8 Å². The molecule has 0 aliphatic heterocycles. The minimum atomic E-state index is 0.503. The van der Waals surface area contributed by atoms with E-state index in [-0.39, 0.29) is 0 Å². The van der Waals surface area contributed by atoms with E-state index in [1.165, 1.54) is 11.1 Å². The number of halogens is 1. The van der Waals surface area contributed by atoms with Gasteiger partial charge in [-0.1, -0.05) is 44.2 Å². The lowest BCUT2D eigenvalue weighted by Gasteiger charge is -2.19. The summed E-state index contributed by atoms with van der Waals surface area (Å²) in [5.41, 5.74) is 2.48. The molecule has 1 aromatic rings. The molecule has 18 heavy (non-hydrogen) atoms. The first-order chi connectivity index (χ1) is 8.47. The first-order valence-electron chi connectivity index (χ1n) is 6.30. The zero-order valence-electron chi connectivity index (χ0n) is 11.5. The van der Waals surface area contributed by atoms with E-state index in [0.717, 1.165) is 24.7 Å². The van der Waals surface area contributed by atoms with Gasteiger partial charge in [0.2, 0.25) is 0 Å². The second kappa shape index (κ2) is 7.57. The predicted molar refractivity (Wildman–Crippen MR) is 80.1 cm³/mol. The summed E-state index contributed by atoms with van der Waals surface area (Å²) in [7, 11) is 2.11. The number of hydrogen-bond donors (Lipinski definition) is 1. The second-order valence-corrected chi connectivity index (χ2v) is 5.52. The van der Waals surface area contributed by atoms with Gasteiger partial charge in [-0.15, -0.1) is 0 Å². The minimum absolute atomic E-state index is 0.503. The van der Waals surface area contributed by atoms with Gasteiger partial charge in [0.1, 0.15) is 0 Å². The van der Waals surface area contributed by atoms with Gasteiger partial charge in [-0.3, -0.25) is 4.90 Å². The van der Waals surface area contributed by atoms with Crippen molar-refractivity contribution in [1.29, 1.82) is 0 Å². The van der Waals surface area contributed by atoms with Crippen LogP contribution in [-0.4, -0.2) is 31.1 Å². The highest BCUT2D eigenvalue weighted by atomic mass is 35.5. The molecule has 0 saturated carbocycles. The Kier molecular flexibility index (Phi) is 6.41. The van der Waals surface area contributed by atoms with Gasteiger partial charge in [-0.2, -0.15) is 0 Å². The highest BCUT2D eigenvalue weighted by molar-refractivity contribution is 6.30. The molecule has 0 fully saturated rings. The van der Waals surface area contributed by atoms with E-state index in [1.807, 2.05) is 12.1 Å². The lowest BCUT2D eigenvalue weighted by Crippen LogP contribution is -2.29. The van der Waals surface area contributed by atoms with Gasteiger partial charge >= 0.3 is 0 Å². The van der Waals surface area contributed by atoms with E-state index >= 15 is 0 Å². The zero-order valence-corrected chi connectivity index (χ0v) is 12.3. The van der Waals surface area contributed by atoms with Crippen LogP contribution in [0.5, 0.6) is 0 Å². The Morgan fingerprint density at radius 2 is 1.94 bits per heavy atom. The quantitative estimate of drug-likeness (QED) is 0.762. The summed E-state index contributed by atoms with van der Waals surface area (Å²) >= 11 is 5.87. The number of likely N-dealkylation sites (N-methyl/N-ethyl adjacent to an activating group) is 1. The molecule has 0 atom stereocenters. The minimum Gasteiger partial charge on any atom is -0.311 e. The maximum atomic E-state index is 5.87. The smallest absolute Gasteiger partial charge is 0.0406 e. The Bertz CT molecular complexity index is 371. The number of rotatable bonds is 7. The van der Waals surface area contributed by atoms with Crippen molar-refractivity contribution in [2.24, 2.45) is 0 Å². The first-order valence-corrected chi connectivity index (χ1v) is 6.68. The fourth-order valence-corrected chi connectivity index (χ4v) is 1.87. The molecule has 0 unspecified atom stereocenters. The third-order valence-corrected chi connectivity index (χ3v) is 2.87.